The van der Waals surface area contributed by atoms with Gasteiger partial charge in [0.05, 0.1) is 10.5 Å². The van der Waals surface area contributed by atoms with Crippen molar-refractivity contribution in [2.75, 3.05) is 0 Å². The quantitative estimate of drug-likeness (QED) is 0.339. The molecule has 0 spiro atoms. The number of halogens is 2. The van der Waals surface area contributed by atoms with Crippen LogP contribution in [0.5, 0.6) is 5.75 Å². The highest BCUT2D eigenvalue weighted by Gasteiger charge is 2.23. The molecule has 2 aromatic carbocycles. The molecule has 0 fully saturated rings. The number of ether oxygens (including phenoxy) is 1. The van der Waals surface area contributed by atoms with Crippen molar-refractivity contribution in [1.82, 2.24) is 0 Å². The highest BCUT2D eigenvalue weighted by molar-refractivity contribution is 5.91. The summed E-state index contributed by atoms with van der Waals surface area (Å²) in [5.41, 5.74) is 0.00492. The molecule has 0 saturated heterocycles. The van der Waals surface area contributed by atoms with Crippen LogP contribution in [0.2, 0.25) is 0 Å². The van der Waals surface area contributed by atoms with E-state index in [1.165, 1.54) is 0 Å². The van der Waals surface area contributed by atoms with Gasteiger partial charge in [0, 0.05) is 12.1 Å². The fourth-order valence-corrected chi connectivity index (χ4v) is 2.13. The summed E-state index contributed by atoms with van der Waals surface area (Å²) in [6, 6.07) is 7.90. The van der Waals surface area contributed by atoms with E-state index in [9.17, 15) is 23.7 Å². The molecular weight excluding hydrogens is 320 g/mol. The van der Waals surface area contributed by atoms with E-state index in [4.69, 9.17) is 4.74 Å². The van der Waals surface area contributed by atoms with Crippen LogP contribution in [0.1, 0.15) is 35.7 Å². The Balaban J connectivity index is 2.13. The molecule has 0 saturated carbocycles. The zero-order valence-electron chi connectivity index (χ0n) is 12.9. The van der Waals surface area contributed by atoms with Crippen molar-refractivity contribution in [3.63, 3.8) is 0 Å². The molecule has 0 aromatic heterocycles. The number of esters is 1. The maximum atomic E-state index is 13.5. The smallest absolute Gasteiger partial charge is 0.343 e. The number of aryl methyl sites for hydroxylation is 1. The van der Waals surface area contributed by atoms with E-state index in [0.29, 0.717) is 12.1 Å². The van der Waals surface area contributed by atoms with Crippen LogP contribution in [0.3, 0.4) is 0 Å². The van der Waals surface area contributed by atoms with Gasteiger partial charge in [0.2, 0.25) is 11.6 Å². The summed E-state index contributed by atoms with van der Waals surface area (Å²) < 4.78 is 31.9. The Morgan fingerprint density at radius 1 is 1.17 bits per heavy atom. The Labute approximate surface area is 137 Å². The molecule has 0 N–H and O–H groups in total. The van der Waals surface area contributed by atoms with E-state index in [2.05, 4.69) is 6.92 Å². The van der Waals surface area contributed by atoms with Gasteiger partial charge in [-0.15, -0.1) is 0 Å². The number of rotatable bonds is 6. The van der Waals surface area contributed by atoms with Crippen LogP contribution < -0.4 is 4.74 Å². The first-order chi connectivity index (χ1) is 11.4. The van der Waals surface area contributed by atoms with Gasteiger partial charge in [-0.2, -0.15) is 8.78 Å². The number of hydrogen-bond donors (Lipinski definition) is 0. The molecule has 2 aromatic rings. The Bertz CT molecular complexity index is 737. The van der Waals surface area contributed by atoms with E-state index in [1.54, 1.807) is 24.3 Å². The lowest BCUT2D eigenvalue weighted by atomic mass is 10.1. The van der Waals surface area contributed by atoms with Gasteiger partial charge < -0.3 is 4.74 Å². The van der Waals surface area contributed by atoms with Crippen molar-refractivity contribution >= 4 is 11.7 Å². The first-order valence-corrected chi connectivity index (χ1v) is 7.37. The summed E-state index contributed by atoms with van der Waals surface area (Å²) in [5.74, 6) is -4.05. The van der Waals surface area contributed by atoms with Gasteiger partial charge in [-0.05, 0) is 30.5 Å². The maximum Gasteiger partial charge on any atom is 0.343 e. The number of nitrogens with zero attached hydrogens (tertiary/aromatic N) is 1. The van der Waals surface area contributed by atoms with E-state index < -0.39 is 34.0 Å². The molecule has 0 radical (unpaired) electrons. The molecule has 0 aliphatic rings. The molecule has 0 aliphatic carbocycles. The summed E-state index contributed by atoms with van der Waals surface area (Å²) >= 11 is 0. The van der Waals surface area contributed by atoms with Crippen molar-refractivity contribution in [2.24, 2.45) is 0 Å². The molecule has 0 bridgehead atoms. The van der Waals surface area contributed by atoms with Gasteiger partial charge in [0.1, 0.15) is 5.75 Å². The normalized spacial score (nSPS) is 10.5. The minimum absolute atomic E-state index is 0.217. The van der Waals surface area contributed by atoms with Crippen LogP contribution in [-0.2, 0) is 6.42 Å². The maximum absolute atomic E-state index is 13.5. The van der Waals surface area contributed by atoms with Crippen LogP contribution in [0, 0.1) is 21.7 Å². The standard InChI is InChI=1S/C17H15F2NO4/c1-2-3-4-11-5-7-12(8-6-11)17(21)24-13-9-14(18)16(20(22)23)15(19)10-13/h5-10H,2-4H2,1H3. The molecule has 0 aliphatic heterocycles. The summed E-state index contributed by atoms with van der Waals surface area (Å²) in [5, 5.41) is 10.5. The number of nitro benzene ring substituents is 1. The summed E-state index contributed by atoms with van der Waals surface area (Å²) in [6.45, 7) is 2.08. The van der Waals surface area contributed by atoms with Crippen LogP contribution in [-0.4, -0.2) is 10.9 Å². The highest BCUT2D eigenvalue weighted by atomic mass is 19.1. The van der Waals surface area contributed by atoms with Crippen LogP contribution in [0.15, 0.2) is 36.4 Å². The Morgan fingerprint density at radius 2 is 1.75 bits per heavy atom. The zero-order chi connectivity index (χ0) is 17.7. The lowest BCUT2D eigenvalue weighted by molar-refractivity contribution is -0.390. The molecule has 126 valence electrons. The Kier molecular flexibility index (Phi) is 5.57. The lowest BCUT2D eigenvalue weighted by Crippen LogP contribution is -2.09. The van der Waals surface area contributed by atoms with Crippen LogP contribution in [0.4, 0.5) is 14.5 Å². The van der Waals surface area contributed by atoms with Gasteiger partial charge in [-0.25, -0.2) is 4.79 Å². The number of hydrogen-bond acceptors (Lipinski definition) is 4. The van der Waals surface area contributed by atoms with Gasteiger partial charge in [-0.1, -0.05) is 25.5 Å². The fraction of sp³-hybridized carbons (Fsp3) is 0.235. The predicted molar refractivity (Wildman–Crippen MR) is 83.0 cm³/mol. The fourth-order valence-electron chi connectivity index (χ4n) is 2.13. The minimum atomic E-state index is -1.40. The zero-order valence-corrected chi connectivity index (χ0v) is 12.9. The molecule has 5 nitrogen and oxygen atoms in total. The van der Waals surface area contributed by atoms with Crippen molar-refractivity contribution in [3.8, 4) is 5.75 Å². The lowest BCUT2D eigenvalue weighted by Gasteiger charge is -2.06. The van der Waals surface area contributed by atoms with E-state index in [0.717, 1.165) is 24.8 Å². The molecule has 2 rings (SSSR count). The number of benzene rings is 2. The minimum Gasteiger partial charge on any atom is -0.423 e. The third-order valence-corrected chi connectivity index (χ3v) is 3.39. The second-order valence-corrected chi connectivity index (χ2v) is 5.18. The summed E-state index contributed by atoms with van der Waals surface area (Å²) in [6.07, 6.45) is 2.98. The molecule has 7 heteroatoms. The number of unbranched alkanes of at least 4 members (excludes halogenated alkanes) is 1. The largest absolute Gasteiger partial charge is 0.423 e. The summed E-state index contributed by atoms with van der Waals surface area (Å²) in [4.78, 5) is 21.3. The first-order valence-electron chi connectivity index (χ1n) is 7.37. The second-order valence-electron chi connectivity index (χ2n) is 5.18. The van der Waals surface area contributed by atoms with Crippen molar-refractivity contribution in [3.05, 3.63) is 69.3 Å². The molecule has 0 amide bonds. The third kappa shape index (κ3) is 4.13. The molecule has 0 heterocycles. The van der Waals surface area contributed by atoms with E-state index >= 15 is 0 Å². The molecular formula is C17H15F2NO4. The van der Waals surface area contributed by atoms with Gasteiger partial charge in [0.25, 0.3) is 0 Å². The number of nitro groups is 1. The SMILES string of the molecule is CCCCc1ccc(C(=O)Oc2cc(F)c([N+](=O)[O-])c(F)c2)cc1. The monoisotopic (exact) mass is 335 g/mol. The van der Waals surface area contributed by atoms with Crippen LogP contribution in [0.25, 0.3) is 0 Å². The van der Waals surface area contributed by atoms with Gasteiger partial charge in [0.15, 0.2) is 0 Å². The summed E-state index contributed by atoms with van der Waals surface area (Å²) in [7, 11) is 0. The average molecular weight is 335 g/mol. The highest BCUT2D eigenvalue weighted by Crippen LogP contribution is 2.27. The predicted octanol–water partition coefficient (Wildman–Crippen LogP) is 4.43. The topological polar surface area (TPSA) is 69.4 Å². The van der Waals surface area contributed by atoms with Gasteiger partial charge in [-0.3, -0.25) is 10.1 Å². The second kappa shape index (κ2) is 7.63. The van der Waals surface area contributed by atoms with E-state index in [1.807, 2.05) is 0 Å². The van der Waals surface area contributed by atoms with E-state index in [-0.39, 0.29) is 5.56 Å². The molecule has 0 atom stereocenters. The molecule has 0 unspecified atom stereocenters. The van der Waals surface area contributed by atoms with Crippen molar-refractivity contribution in [1.29, 1.82) is 0 Å². The van der Waals surface area contributed by atoms with Crippen molar-refractivity contribution < 1.29 is 23.2 Å². The van der Waals surface area contributed by atoms with Gasteiger partial charge >= 0.3 is 11.7 Å². The molecule has 24 heavy (non-hydrogen) atoms. The van der Waals surface area contributed by atoms with Crippen molar-refractivity contribution in [2.45, 2.75) is 26.2 Å². The van der Waals surface area contributed by atoms with Crippen LogP contribution >= 0.6 is 0 Å². The first kappa shape index (κ1) is 17.5. The number of carbonyl (C=O) groups excluding carboxylic acids is 1. The number of carbonyl (C=O) groups is 1. The Hall–Kier alpha value is -2.83. The Morgan fingerprint density at radius 3 is 2.25 bits per heavy atom. The third-order valence-electron chi connectivity index (χ3n) is 3.39. The average Bonchev–Trinajstić information content (AvgIpc) is 2.52.